The van der Waals surface area contributed by atoms with Gasteiger partial charge >= 0.3 is 5.97 Å². The lowest BCUT2D eigenvalue weighted by Gasteiger charge is -2.56. The molecule has 0 aromatic heterocycles. The first-order chi connectivity index (χ1) is 12.4. The van der Waals surface area contributed by atoms with Crippen LogP contribution in [0.1, 0.15) is 64.7 Å². The summed E-state index contributed by atoms with van der Waals surface area (Å²) in [6.45, 7) is 1.40. The first-order valence-electron chi connectivity index (χ1n) is 10.2. The maximum atomic E-state index is 12.4. The lowest BCUT2D eigenvalue weighted by atomic mass is 9.49. The van der Waals surface area contributed by atoms with Crippen molar-refractivity contribution < 1.29 is 19.1 Å². The lowest BCUT2D eigenvalue weighted by molar-refractivity contribution is -0.154. The second-order valence-corrected chi connectivity index (χ2v) is 9.29. The highest BCUT2D eigenvalue weighted by atomic mass is 16.5. The number of rotatable bonds is 7. The van der Waals surface area contributed by atoms with Gasteiger partial charge in [-0.05, 0) is 81.5 Å². The maximum Gasteiger partial charge on any atom is 0.326 e. The Bertz CT molecular complexity index is 563. The Labute approximate surface area is 154 Å². The summed E-state index contributed by atoms with van der Waals surface area (Å²) in [4.78, 5) is 36.1. The Morgan fingerprint density at radius 2 is 1.62 bits per heavy atom. The van der Waals surface area contributed by atoms with Crippen molar-refractivity contribution in [1.29, 1.82) is 0 Å². The van der Waals surface area contributed by atoms with Crippen LogP contribution in [-0.2, 0) is 19.1 Å². The number of carbonyl (C=O) groups is 3. The monoisotopic (exact) mass is 362 g/mol. The van der Waals surface area contributed by atoms with Crippen molar-refractivity contribution in [3.05, 3.63) is 0 Å². The summed E-state index contributed by atoms with van der Waals surface area (Å²) in [7, 11) is 0. The first-order valence-corrected chi connectivity index (χ1v) is 10.2. The van der Waals surface area contributed by atoms with Crippen molar-refractivity contribution >= 4 is 17.8 Å². The Morgan fingerprint density at radius 1 is 1.04 bits per heavy atom. The molecule has 0 saturated heterocycles. The Morgan fingerprint density at radius 3 is 2.15 bits per heavy atom. The van der Waals surface area contributed by atoms with E-state index in [0.29, 0.717) is 6.42 Å². The largest absolute Gasteiger partial charge is 0.451 e. The van der Waals surface area contributed by atoms with Crippen LogP contribution < -0.4 is 10.6 Å². The zero-order valence-corrected chi connectivity index (χ0v) is 15.6. The third-order valence-electron chi connectivity index (χ3n) is 6.73. The molecule has 4 bridgehead atoms. The normalized spacial score (nSPS) is 35.7. The Hall–Kier alpha value is -1.59. The van der Waals surface area contributed by atoms with Crippen LogP contribution in [0.15, 0.2) is 0 Å². The van der Waals surface area contributed by atoms with Gasteiger partial charge in [-0.25, -0.2) is 0 Å². The lowest BCUT2D eigenvalue weighted by Crippen LogP contribution is -2.48. The first kappa shape index (κ1) is 17.8. The van der Waals surface area contributed by atoms with E-state index in [1.807, 2.05) is 0 Å². The molecule has 0 unspecified atom stereocenters. The fourth-order valence-electron chi connectivity index (χ4n) is 5.92. The average Bonchev–Trinajstić information content (AvgIpc) is 3.35. The number of nitrogens with one attached hydrogen (secondary N) is 2. The van der Waals surface area contributed by atoms with Gasteiger partial charge < -0.3 is 15.4 Å². The van der Waals surface area contributed by atoms with Crippen LogP contribution in [0.5, 0.6) is 0 Å². The number of esters is 1. The molecule has 5 rings (SSSR count). The zero-order chi connectivity index (χ0) is 18.3. The van der Waals surface area contributed by atoms with Crippen molar-refractivity contribution in [2.75, 3.05) is 6.54 Å². The number of hydrogen-bond donors (Lipinski definition) is 2. The van der Waals surface area contributed by atoms with E-state index in [1.165, 1.54) is 38.5 Å². The summed E-state index contributed by atoms with van der Waals surface area (Å²) in [5, 5.41) is 5.52. The van der Waals surface area contributed by atoms with E-state index in [2.05, 4.69) is 10.6 Å². The van der Waals surface area contributed by atoms with Gasteiger partial charge in [0.05, 0.1) is 0 Å². The molecule has 1 atom stereocenters. The van der Waals surface area contributed by atoms with E-state index in [-0.39, 0.29) is 29.8 Å². The van der Waals surface area contributed by atoms with Gasteiger partial charge in [0.2, 0.25) is 5.91 Å². The van der Waals surface area contributed by atoms with Crippen LogP contribution in [0.2, 0.25) is 0 Å². The standard InChI is InChI=1S/C20H30N2O4/c1-12(19(25)22-16-2-3-16)26-18(24)11-21-17(23)10-20-7-13-4-14(8-20)6-15(5-13)9-20/h12-16H,2-11H2,1H3,(H,21,23)(H,22,25)/t12-,13?,14?,15?,20?/m1/s1. The molecule has 0 spiro atoms. The molecule has 0 aromatic carbocycles. The number of carbonyl (C=O) groups excluding carboxylic acids is 3. The van der Waals surface area contributed by atoms with E-state index in [1.54, 1.807) is 6.92 Å². The highest BCUT2D eigenvalue weighted by molar-refractivity contribution is 5.86. The highest BCUT2D eigenvalue weighted by Crippen LogP contribution is 2.61. The van der Waals surface area contributed by atoms with E-state index < -0.39 is 12.1 Å². The fourth-order valence-corrected chi connectivity index (χ4v) is 5.92. The zero-order valence-electron chi connectivity index (χ0n) is 15.6. The molecule has 6 heteroatoms. The summed E-state index contributed by atoms with van der Waals surface area (Å²) in [6, 6.07) is 0.239. The van der Waals surface area contributed by atoms with Gasteiger partial charge in [0.1, 0.15) is 6.54 Å². The van der Waals surface area contributed by atoms with E-state index >= 15 is 0 Å². The topological polar surface area (TPSA) is 84.5 Å². The quantitative estimate of drug-likeness (QED) is 0.678. The fraction of sp³-hybridized carbons (Fsp3) is 0.850. The molecule has 5 saturated carbocycles. The molecule has 5 aliphatic rings. The van der Waals surface area contributed by atoms with E-state index in [0.717, 1.165) is 30.6 Å². The molecule has 0 aliphatic heterocycles. The van der Waals surface area contributed by atoms with Crippen LogP contribution in [-0.4, -0.2) is 36.5 Å². The number of hydrogen-bond acceptors (Lipinski definition) is 4. The number of amides is 2. The SMILES string of the molecule is C[C@@H](OC(=O)CNC(=O)CC12CC3CC(CC(C3)C1)C2)C(=O)NC1CC1. The highest BCUT2D eigenvalue weighted by Gasteiger charge is 2.51. The van der Waals surface area contributed by atoms with E-state index in [9.17, 15) is 14.4 Å². The molecule has 0 radical (unpaired) electrons. The summed E-state index contributed by atoms with van der Waals surface area (Å²) in [6.07, 6.45) is 9.29. The van der Waals surface area contributed by atoms with Gasteiger partial charge in [-0.3, -0.25) is 14.4 Å². The van der Waals surface area contributed by atoms with E-state index in [4.69, 9.17) is 4.74 Å². The van der Waals surface area contributed by atoms with Crippen molar-refractivity contribution in [2.45, 2.75) is 76.9 Å². The molecule has 144 valence electrons. The molecule has 5 fully saturated rings. The smallest absolute Gasteiger partial charge is 0.326 e. The minimum Gasteiger partial charge on any atom is -0.451 e. The summed E-state index contributed by atoms with van der Waals surface area (Å²) in [5.74, 6) is 1.56. The third-order valence-corrected chi connectivity index (χ3v) is 6.73. The van der Waals surface area contributed by atoms with Gasteiger partial charge in [-0.2, -0.15) is 0 Å². The maximum absolute atomic E-state index is 12.4. The summed E-state index contributed by atoms with van der Waals surface area (Å²) >= 11 is 0. The molecular weight excluding hydrogens is 332 g/mol. The molecule has 5 aliphatic carbocycles. The third kappa shape index (κ3) is 4.04. The number of ether oxygens (including phenoxy) is 1. The average molecular weight is 362 g/mol. The molecular formula is C20H30N2O4. The Kier molecular flexibility index (Phi) is 4.70. The molecule has 2 N–H and O–H groups in total. The minimum absolute atomic E-state index is 0.0565. The van der Waals surface area contributed by atoms with Gasteiger partial charge in [0, 0.05) is 12.5 Å². The van der Waals surface area contributed by atoms with Crippen molar-refractivity contribution in [3.8, 4) is 0 Å². The molecule has 2 amide bonds. The molecule has 0 heterocycles. The van der Waals surface area contributed by atoms with Crippen LogP contribution in [0.25, 0.3) is 0 Å². The minimum atomic E-state index is -0.817. The van der Waals surface area contributed by atoms with Gasteiger partial charge in [0.25, 0.3) is 5.91 Å². The predicted molar refractivity (Wildman–Crippen MR) is 95.0 cm³/mol. The van der Waals surface area contributed by atoms with Crippen molar-refractivity contribution in [1.82, 2.24) is 10.6 Å². The predicted octanol–water partition coefficient (Wildman–Crippen LogP) is 1.92. The van der Waals surface area contributed by atoms with Gasteiger partial charge in [0.15, 0.2) is 6.10 Å². The van der Waals surface area contributed by atoms with Gasteiger partial charge in [-0.15, -0.1) is 0 Å². The second-order valence-electron chi connectivity index (χ2n) is 9.29. The molecule has 6 nitrogen and oxygen atoms in total. The molecule has 26 heavy (non-hydrogen) atoms. The van der Waals surface area contributed by atoms with Crippen LogP contribution in [0.3, 0.4) is 0 Å². The van der Waals surface area contributed by atoms with Crippen molar-refractivity contribution in [2.24, 2.45) is 23.2 Å². The van der Waals surface area contributed by atoms with Crippen LogP contribution in [0, 0.1) is 23.2 Å². The van der Waals surface area contributed by atoms with Crippen LogP contribution >= 0.6 is 0 Å². The Balaban J connectivity index is 1.20. The summed E-state index contributed by atoms with van der Waals surface area (Å²) in [5.41, 5.74) is 0.167. The van der Waals surface area contributed by atoms with Crippen LogP contribution in [0.4, 0.5) is 0 Å². The summed E-state index contributed by atoms with van der Waals surface area (Å²) < 4.78 is 5.12. The van der Waals surface area contributed by atoms with Crippen molar-refractivity contribution in [3.63, 3.8) is 0 Å². The second kappa shape index (κ2) is 6.86. The van der Waals surface area contributed by atoms with Gasteiger partial charge in [-0.1, -0.05) is 0 Å². The molecule has 0 aromatic rings.